The minimum absolute atomic E-state index is 0.894. The van der Waals surface area contributed by atoms with Crippen molar-refractivity contribution in [2.75, 3.05) is 13.7 Å². The van der Waals surface area contributed by atoms with Crippen molar-refractivity contribution in [1.29, 1.82) is 0 Å². The highest BCUT2D eigenvalue weighted by atomic mass is 32.1. The minimum atomic E-state index is 0.894. The summed E-state index contributed by atoms with van der Waals surface area (Å²) in [5, 5.41) is 2.18. The molecule has 0 bridgehead atoms. The summed E-state index contributed by atoms with van der Waals surface area (Å²) in [5.41, 5.74) is 2.62. The van der Waals surface area contributed by atoms with E-state index in [1.807, 2.05) is 42.2 Å². The number of aryl methyl sites for hydroxylation is 2. The Hall–Kier alpha value is -2.11. The van der Waals surface area contributed by atoms with Crippen LogP contribution in [0.3, 0.4) is 0 Å². The van der Waals surface area contributed by atoms with Crippen molar-refractivity contribution in [3.8, 4) is 5.75 Å². The van der Waals surface area contributed by atoms with E-state index in [9.17, 15) is 0 Å². The summed E-state index contributed by atoms with van der Waals surface area (Å²) in [5.74, 6) is 0.963. The van der Waals surface area contributed by atoms with Crippen LogP contribution in [0.4, 0.5) is 0 Å². The number of hydrogen-bond donors (Lipinski definition) is 0. The number of ether oxygens (including phenoxy) is 1. The highest BCUT2D eigenvalue weighted by Crippen LogP contribution is 2.23. The molecule has 0 amide bonds. The number of nitrogens with zero attached hydrogens (tertiary/aromatic N) is 3. The molecular weight excluding hydrogens is 330 g/mol. The molecule has 4 nitrogen and oxygen atoms in total. The molecule has 0 saturated heterocycles. The van der Waals surface area contributed by atoms with Crippen LogP contribution in [0, 0.1) is 6.92 Å². The predicted octanol–water partition coefficient (Wildman–Crippen LogP) is 4.35. The molecule has 3 aromatic rings. The van der Waals surface area contributed by atoms with Crippen LogP contribution in [0.15, 0.2) is 54.4 Å². The maximum atomic E-state index is 5.53. The van der Waals surface area contributed by atoms with E-state index in [2.05, 4.69) is 45.0 Å². The third-order valence-electron chi connectivity index (χ3n) is 4.37. The number of imidazole rings is 1. The lowest BCUT2D eigenvalue weighted by Crippen LogP contribution is -2.25. The van der Waals surface area contributed by atoms with Crippen LogP contribution < -0.4 is 4.74 Å². The van der Waals surface area contributed by atoms with Gasteiger partial charge in [-0.3, -0.25) is 4.90 Å². The van der Waals surface area contributed by atoms with E-state index in [4.69, 9.17) is 4.74 Å². The highest BCUT2D eigenvalue weighted by Gasteiger charge is 2.12. The predicted molar refractivity (Wildman–Crippen MR) is 103 cm³/mol. The van der Waals surface area contributed by atoms with E-state index < -0.39 is 0 Å². The lowest BCUT2D eigenvalue weighted by Gasteiger charge is -2.23. The van der Waals surface area contributed by atoms with Crippen molar-refractivity contribution < 1.29 is 4.74 Å². The molecule has 0 saturated carbocycles. The lowest BCUT2D eigenvalue weighted by molar-refractivity contribution is 0.246. The first kappa shape index (κ1) is 17.7. The SMILES string of the molecule is COc1ccccc1CN(CCCn1ccnc1)Cc1sccc1C. The Kier molecular flexibility index (Phi) is 6.25. The topological polar surface area (TPSA) is 30.3 Å². The Bertz CT molecular complexity index is 767. The van der Waals surface area contributed by atoms with Crippen LogP contribution in [0.1, 0.15) is 22.4 Å². The van der Waals surface area contributed by atoms with Gasteiger partial charge in [0.2, 0.25) is 0 Å². The molecule has 0 fully saturated rings. The first-order valence-corrected chi connectivity index (χ1v) is 9.47. The number of aromatic nitrogens is 2. The fraction of sp³-hybridized carbons (Fsp3) is 0.350. The summed E-state index contributed by atoms with van der Waals surface area (Å²) < 4.78 is 7.67. The van der Waals surface area contributed by atoms with Crippen molar-refractivity contribution in [3.05, 3.63) is 70.4 Å². The molecule has 0 unspecified atom stereocenters. The van der Waals surface area contributed by atoms with Gasteiger partial charge in [-0.05, 0) is 36.4 Å². The van der Waals surface area contributed by atoms with Gasteiger partial charge in [-0.2, -0.15) is 0 Å². The molecule has 1 aromatic carbocycles. The second kappa shape index (κ2) is 8.83. The van der Waals surface area contributed by atoms with Gasteiger partial charge in [-0.1, -0.05) is 18.2 Å². The molecule has 132 valence electrons. The highest BCUT2D eigenvalue weighted by molar-refractivity contribution is 7.10. The van der Waals surface area contributed by atoms with Crippen molar-refractivity contribution in [3.63, 3.8) is 0 Å². The van der Waals surface area contributed by atoms with Crippen LogP contribution >= 0.6 is 11.3 Å². The molecule has 0 aliphatic rings. The van der Waals surface area contributed by atoms with Crippen LogP contribution in [-0.4, -0.2) is 28.1 Å². The Morgan fingerprint density at radius 1 is 1.20 bits per heavy atom. The number of para-hydroxylation sites is 1. The van der Waals surface area contributed by atoms with Crippen molar-refractivity contribution in [2.45, 2.75) is 33.0 Å². The molecule has 0 radical (unpaired) electrons. The summed E-state index contributed by atoms with van der Waals surface area (Å²) in [6.45, 7) is 6.09. The van der Waals surface area contributed by atoms with Crippen LogP contribution in [0.5, 0.6) is 5.75 Å². The van der Waals surface area contributed by atoms with E-state index in [-0.39, 0.29) is 0 Å². The van der Waals surface area contributed by atoms with Gasteiger partial charge in [-0.15, -0.1) is 11.3 Å². The number of methoxy groups -OCH3 is 1. The van der Waals surface area contributed by atoms with E-state index in [0.717, 1.165) is 38.3 Å². The number of hydrogen-bond acceptors (Lipinski definition) is 4. The van der Waals surface area contributed by atoms with Gasteiger partial charge in [0.1, 0.15) is 5.75 Å². The standard InChI is InChI=1S/C20H25N3OS/c1-17-8-13-25-20(17)15-23(11-5-10-22-12-9-21-16-22)14-18-6-3-4-7-19(18)24-2/h3-4,6-9,12-13,16H,5,10-11,14-15H2,1-2H3. The van der Waals surface area contributed by atoms with Gasteiger partial charge in [0.25, 0.3) is 0 Å². The molecule has 0 atom stereocenters. The zero-order valence-electron chi connectivity index (χ0n) is 14.9. The molecule has 3 rings (SSSR count). The number of rotatable bonds is 9. The normalized spacial score (nSPS) is 11.2. The van der Waals surface area contributed by atoms with Crippen molar-refractivity contribution >= 4 is 11.3 Å². The fourth-order valence-corrected chi connectivity index (χ4v) is 3.90. The quantitative estimate of drug-likeness (QED) is 0.571. The molecular formula is C20H25N3OS. The number of thiophene rings is 1. The summed E-state index contributed by atoms with van der Waals surface area (Å²) in [6.07, 6.45) is 6.83. The van der Waals surface area contributed by atoms with Crippen LogP contribution in [0.25, 0.3) is 0 Å². The maximum absolute atomic E-state index is 5.53. The Morgan fingerprint density at radius 2 is 2.08 bits per heavy atom. The van der Waals surface area contributed by atoms with E-state index in [0.29, 0.717) is 0 Å². The van der Waals surface area contributed by atoms with Gasteiger partial charge in [0.05, 0.1) is 13.4 Å². The second-order valence-corrected chi connectivity index (χ2v) is 7.20. The Morgan fingerprint density at radius 3 is 2.80 bits per heavy atom. The first-order valence-electron chi connectivity index (χ1n) is 8.59. The summed E-state index contributed by atoms with van der Waals surface area (Å²) in [6, 6.07) is 10.5. The molecule has 25 heavy (non-hydrogen) atoms. The van der Waals surface area contributed by atoms with Gasteiger partial charge in [0.15, 0.2) is 0 Å². The fourth-order valence-electron chi connectivity index (χ4n) is 2.95. The molecule has 0 aliphatic carbocycles. The Balaban J connectivity index is 1.68. The molecule has 0 aliphatic heterocycles. The zero-order chi connectivity index (χ0) is 17.5. The Labute approximate surface area is 153 Å². The van der Waals surface area contributed by atoms with Gasteiger partial charge in [0, 0.05) is 49.0 Å². The average molecular weight is 356 g/mol. The second-order valence-electron chi connectivity index (χ2n) is 6.20. The zero-order valence-corrected chi connectivity index (χ0v) is 15.7. The third kappa shape index (κ3) is 4.94. The molecule has 0 spiro atoms. The van der Waals surface area contributed by atoms with Crippen LogP contribution in [-0.2, 0) is 19.6 Å². The number of benzene rings is 1. The van der Waals surface area contributed by atoms with Gasteiger partial charge in [-0.25, -0.2) is 4.98 Å². The van der Waals surface area contributed by atoms with E-state index in [1.54, 1.807) is 7.11 Å². The molecule has 2 heterocycles. The molecule has 0 N–H and O–H groups in total. The van der Waals surface area contributed by atoms with E-state index >= 15 is 0 Å². The summed E-state index contributed by atoms with van der Waals surface area (Å²) in [4.78, 5) is 8.07. The van der Waals surface area contributed by atoms with Gasteiger partial charge >= 0.3 is 0 Å². The van der Waals surface area contributed by atoms with Crippen LogP contribution in [0.2, 0.25) is 0 Å². The summed E-state index contributed by atoms with van der Waals surface area (Å²) in [7, 11) is 1.74. The minimum Gasteiger partial charge on any atom is -0.496 e. The largest absolute Gasteiger partial charge is 0.496 e. The third-order valence-corrected chi connectivity index (χ3v) is 5.38. The van der Waals surface area contributed by atoms with E-state index in [1.165, 1.54) is 16.0 Å². The van der Waals surface area contributed by atoms with Gasteiger partial charge < -0.3 is 9.30 Å². The average Bonchev–Trinajstić information content (AvgIpc) is 3.28. The van der Waals surface area contributed by atoms with Crippen molar-refractivity contribution in [2.24, 2.45) is 0 Å². The first-order chi connectivity index (χ1) is 12.3. The molecule has 2 aromatic heterocycles. The summed E-state index contributed by atoms with van der Waals surface area (Å²) >= 11 is 1.84. The monoisotopic (exact) mass is 355 g/mol. The molecule has 5 heteroatoms. The lowest BCUT2D eigenvalue weighted by atomic mass is 10.1. The smallest absolute Gasteiger partial charge is 0.123 e. The maximum Gasteiger partial charge on any atom is 0.123 e. The van der Waals surface area contributed by atoms with Crippen molar-refractivity contribution in [1.82, 2.24) is 14.5 Å².